The van der Waals surface area contributed by atoms with Crippen molar-refractivity contribution in [3.63, 3.8) is 0 Å². The summed E-state index contributed by atoms with van der Waals surface area (Å²) in [5.41, 5.74) is 0.0490. The Labute approximate surface area is 200 Å². The maximum absolute atomic E-state index is 13.7. The van der Waals surface area contributed by atoms with Crippen LogP contribution in [0.15, 0.2) is 30.3 Å². The number of para-hydroxylation sites is 1. The number of likely N-dealkylation sites (tertiary alicyclic amines) is 1. The Kier molecular flexibility index (Phi) is 8.80. The normalized spacial score (nSPS) is 22.0. The highest BCUT2D eigenvalue weighted by molar-refractivity contribution is 5.90. The maximum Gasteiger partial charge on any atom is 0.245 e. The summed E-state index contributed by atoms with van der Waals surface area (Å²) in [6.07, 6.45) is 3.34. The number of piperazine rings is 1. The fraction of sp³-hybridized carbons (Fsp3) is 0.704. The number of amides is 2. The Morgan fingerprint density at radius 3 is 2.36 bits per heavy atom. The van der Waals surface area contributed by atoms with E-state index in [2.05, 4.69) is 39.9 Å². The van der Waals surface area contributed by atoms with Crippen LogP contribution in [0.4, 0.5) is 0 Å². The average molecular weight is 458 g/mol. The van der Waals surface area contributed by atoms with E-state index in [1.807, 2.05) is 40.1 Å². The molecule has 0 saturated carbocycles. The summed E-state index contributed by atoms with van der Waals surface area (Å²) in [6, 6.07) is 9.37. The lowest BCUT2D eigenvalue weighted by molar-refractivity contribution is -0.151. The first-order valence-corrected chi connectivity index (χ1v) is 12.7. The summed E-state index contributed by atoms with van der Waals surface area (Å²) in [5.74, 6) is 1.88. The highest BCUT2D eigenvalue weighted by Gasteiger charge is 2.40. The molecule has 0 bridgehead atoms. The van der Waals surface area contributed by atoms with Gasteiger partial charge < -0.3 is 19.9 Å². The molecule has 6 nitrogen and oxygen atoms in total. The molecular weight excluding hydrogens is 414 g/mol. The second-order valence-corrected chi connectivity index (χ2v) is 11.1. The number of rotatable bonds is 9. The predicted octanol–water partition coefficient (Wildman–Crippen LogP) is 3.96. The van der Waals surface area contributed by atoms with E-state index in [1.165, 1.54) is 0 Å². The minimum atomic E-state index is -0.362. The molecule has 2 saturated heterocycles. The predicted molar refractivity (Wildman–Crippen MR) is 132 cm³/mol. The van der Waals surface area contributed by atoms with E-state index in [1.54, 1.807) is 0 Å². The molecule has 0 aromatic heterocycles. The number of carbonyl (C=O) groups excluding carboxylic acids is 2. The summed E-state index contributed by atoms with van der Waals surface area (Å²) in [6.45, 7) is 14.2. The Balaban J connectivity index is 1.62. The number of carbonyl (C=O) groups is 2. The molecule has 0 aliphatic carbocycles. The van der Waals surface area contributed by atoms with Crippen LogP contribution in [0.1, 0.15) is 60.3 Å². The molecule has 184 valence electrons. The third-order valence-corrected chi connectivity index (χ3v) is 7.00. The molecule has 3 rings (SSSR count). The summed E-state index contributed by atoms with van der Waals surface area (Å²) < 4.78 is 6.03. The molecule has 0 radical (unpaired) electrons. The molecule has 2 fully saturated rings. The number of hydrogen-bond acceptors (Lipinski definition) is 4. The van der Waals surface area contributed by atoms with Gasteiger partial charge in [-0.3, -0.25) is 9.59 Å². The van der Waals surface area contributed by atoms with Crippen molar-refractivity contribution in [1.82, 2.24) is 15.1 Å². The molecule has 2 aliphatic heterocycles. The second-order valence-electron chi connectivity index (χ2n) is 11.1. The first-order valence-electron chi connectivity index (χ1n) is 12.7. The summed E-state index contributed by atoms with van der Waals surface area (Å²) in [7, 11) is 0. The largest absolute Gasteiger partial charge is 0.493 e. The van der Waals surface area contributed by atoms with Crippen molar-refractivity contribution in [2.24, 2.45) is 17.3 Å². The van der Waals surface area contributed by atoms with E-state index >= 15 is 0 Å². The molecule has 1 aromatic carbocycles. The topological polar surface area (TPSA) is 61.9 Å². The van der Waals surface area contributed by atoms with Crippen LogP contribution in [-0.4, -0.2) is 66.5 Å². The van der Waals surface area contributed by atoms with Gasteiger partial charge in [-0.1, -0.05) is 52.8 Å². The Hall–Kier alpha value is -2.08. The van der Waals surface area contributed by atoms with Gasteiger partial charge in [0, 0.05) is 31.6 Å². The smallest absolute Gasteiger partial charge is 0.245 e. The summed E-state index contributed by atoms with van der Waals surface area (Å²) in [4.78, 5) is 30.8. The van der Waals surface area contributed by atoms with Gasteiger partial charge in [-0.05, 0) is 49.7 Å². The van der Waals surface area contributed by atoms with Crippen LogP contribution in [0.2, 0.25) is 0 Å². The number of ether oxygens (including phenoxy) is 1. The van der Waals surface area contributed by atoms with Crippen molar-refractivity contribution in [3.8, 4) is 5.75 Å². The summed E-state index contributed by atoms with van der Waals surface area (Å²) in [5, 5.41) is 3.37. The Bertz CT molecular complexity index is 772. The lowest BCUT2D eigenvalue weighted by atomic mass is 9.81. The summed E-state index contributed by atoms with van der Waals surface area (Å²) >= 11 is 0. The molecule has 0 spiro atoms. The standard InChI is InChI=1S/C27H43N3O3/c1-20(2)17-23-25(31)30(16-13-28-23)24(18-21(3)4)26(32)29-14-11-27(5,12-15-29)19-33-22-9-7-6-8-10-22/h6-10,20-21,23-24,28H,11-19H2,1-5H3/t23-,24?/m0/s1. The van der Waals surface area contributed by atoms with Crippen LogP contribution in [0, 0.1) is 17.3 Å². The molecule has 1 unspecified atom stereocenters. The van der Waals surface area contributed by atoms with E-state index in [0.29, 0.717) is 31.4 Å². The van der Waals surface area contributed by atoms with Crippen molar-refractivity contribution in [1.29, 1.82) is 0 Å². The van der Waals surface area contributed by atoms with Crippen LogP contribution < -0.4 is 10.1 Å². The van der Waals surface area contributed by atoms with Crippen LogP contribution in [0.5, 0.6) is 5.75 Å². The third kappa shape index (κ3) is 6.95. The number of hydrogen-bond donors (Lipinski definition) is 1. The lowest BCUT2D eigenvalue weighted by Crippen LogP contribution is -2.62. The van der Waals surface area contributed by atoms with Crippen LogP contribution in [0.25, 0.3) is 0 Å². The number of nitrogens with one attached hydrogen (secondary N) is 1. The van der Waals surface area contributed by atoms with E-state index in [4.69, 9.17) is 4.74 Å². The number of nitrogens with zero attached hydrogens (tertiary/aromatic N) is 2. The Morgan fingerprint density at radius 2 is 1.76 bits per heavy atom. The van der Waals surface area contributed by atoms with Gasteiger partial charge in [-0.15, -0.1) is 0 Å². The average Bonchev–Trinajstić information content (AvgIpc) is 2.78. The Morgan fingerprint density at radius 1 is 1.09 bits per heavy atom. The SMILES string of the molecule is CC(C)CC(C(=O)N1CCC(C)(COc2ccccc2)CC1)N1CCN[C@@H](CC(C)C)C1=O. The highest BCUT2D eigenvalue weighted by Crippen LogP contribution is 2.33. The quantitative estimate of drug-likeness (QED) is 0.610. The van der Waals surface area contributed by atoms with Crippen molar-refractivity contribution in [3.05, 3.63) is 30.3 Å². The zero-order valence-electron chi connectivity index (χ0n) is 21.2. The van der Waals surface area contributed by atoms with Gasteiger partial charge in [0.25, 0.3) is 0 Å². The molecule has 2 amide bonds. The van der Waals surface area contributed by atoms with E-state index in [0.717, 1.165) is 44.6 Å². The van der Waals surface area contributed by atoms with Crippen molar-refractivity contribution >= 4 is 11.8 Å². The van der Waals surface area contributed by atoms with Crippen molar-refractivity contribution in [2.75, 3.05) is 32.8 Å². The molecule has 1 N–H and O–H groups in total. The fourth-order valence-corrected chi connectivity index (χ4v) is 4.93. The minimum absolute atomic E-state index is 0.0490. The van der Waals surface area contributed by atoms with Gasteiger partial charge in [0.2, 0.25) is 11.8 Å². The van der Waals surface area contributed by atoms with Gasteiger partial charge in [-0.2, -0.15) is 0 Å². The molecule has 33 heavy (non-hydrogen) atoms. The number of piperidine rings is 1. The zero-order valence-corrected chi connectivity index (χ0v) is 21.2. The van der Waals surface area contributed by atoms with Gasteiger partial charge in [-0.25, -0.2) is 0 Å². The lowest BCUT2D eigenvalue weighted by Gasteiger charge is -2.44. The number of benzene rings is 1. The monoisotopic (exact) mass is 457 g/mol. The highest BCUT2D eigenvalue weighted by atomic mass is 16.5. The second kappa shape index (κ2) is 11.4. The molecule has 2 atom stereocenters. The molecule has 1 aromatic rings. The van der Waals surface area contributed by atoms with Crippen molar-refractivity contribution < 1.29 is 14.3 Å². The molecule has 2 aliphatic rings. The van der Waals surface area contributed by atoms with Crippen LogP contribution in [0.3, 0.4) is 0 Å². The molecular formula is C27H43N3O3. The first kappa shape index (κ1) is 25.5. The first-order chi connectivity index (χ1) is 15.7. The van der Waals surface area contributed by atoms with Gasteiger partial charge in [0.1, 0.15) is 11.8 Å². The zero-order chi connectivity index (χ0) is 24.0. The minimum Gasteiger partial charge on any atom is -0.493 e. The van der Waals surface area contributed by atoms with Crippen molar-refractivity contribution in [2.45, 2.75) is 72.4 Å². The van der Waals surface area contributed by atoms with Crippen LogP contribution in [-0.2, 0) is 9.59 Å². The third-order valence-electron chi connectivity index (χ3n) is 7.00. The maximum atomic E-state index is 13.7. The fourth-order valence-electron chi connectivity index (χ4n) is 4.93. The van der Waals surface area contributed by atoms with Gasteiger partial charge in [0.05, 0.1) is 12.6 Å². The van der Waals surface area contributed by atoms with E-state index in [9.17, 15) is 9.59 Å². The molecule has 2 heterocycles. The molecule has 6 heteroatoms. The van der Waals surface area contributed by atoms with Crippen LogP contribution >= 0.6 is 0 Å². The van der Waals surface area contributed by atoms with E-state index < -0.39 is 0 Å². The van der Waals surface area contributed by atoms with Gasteiger partial charge in [0.15, 0.2) is 0 Å². The van der Waals surface area contributed by atoms with E-state index in [-0.39, 0.29) is 29.3 Å². The van der Waals surface area contributed by atoms with Gasteiger partial charge >= 0.3 is 0 Å².